The van der Waals surface area contributed by atoms with E-state index in [0.717, 1.165) is 38.5 Å². The van der Waals surface area contributed by atoms with E-state index in [4.69, 9.17) is 19.9 Å². The van der Waals surface area contributed by atoms with Crippen molar-refractivity contribution >= 4 is 5.97 Å². The Labute approximate surface area is 318 Å². The predicted molar refractivity (Wildman–Crippen MR) is 209 cm³/mol. The summed E-state index contributed by atoms with van der Waals surface area (Å²) in [5, 5.41) is 51.0. The lowest BCUT2D eigenvalue weighted by Crippen LogP contribution is -2.60. The first-order valence-corrected chi connectivity index (χ1v) is 21.8. The standard InChI is InChI=1S/C42H83NO9/c1-3-5-7-9-11-13-15-17-18-19-21-23-25-27-29-31-37(45)51-35(30-28-26-24-22-20-16-14-12-10-8-6-4-2)38(46)34(43)33-50-42-41(49)40(48)39(47)36(32-44)52-42/h34-36,38-42,44,46-49H,3-33,43H2,1-2H3/t34-,35+,36?,38-,39-,40-,41?,42-/m0/s1. The molecule has 1 aliphatic rings. The molecule has 7 N–H and O–H groups in total. The fraction of sp³-hybridized carbons (Fsp3) is 0.976. The van der Waals surface area contributed by atoms with Gasteiger partial charge in [0.2, 0.25) is 0 Å². The summed E-state index contributed by atoms with van der Waals surface area (Å²) in [6.07, 6.45) is 25.0. The van der Waals surface area contributed by atoms with Crippen molar-refractivity contribution in [3.63, 3.8) is 0 Å². The molecule has 0 aromatic rings. The second kappa shape index (κ2) is 33.5. The Morgan fingerprint density at radius 2 is 1.02 bits per heavy atom. The second-order valence-corrected chi connectivity index (χ2v) is 15.6. The Morgan fingerprint density at radius 1 is 0.615 bits per heavy atom. The van der Waals surface area contributed by atoms with Gasteiger partial charge in [-0.1, -0.05) is 174 Å². The van der Waals surface area contributed by atoms with Gasteiger partial charge in [-0.3, -0.25) is 4.79 Å². The van der Waals surface area contributed by atoms with Gasteiger partial charge in [-0.05, 0) is 19.3 Å². The molecule has 0 aromatic heterocycles. The molecule has 1 saturated heterocycles. The normalized spacial score (nSPS) is 22.3. The molecule has 310 valence electrons. The van der Waals surface area contributed by atoms with Crippen molar-refractivity contribution in [3.05, 3.63) is 0 Å². The number of aliphatic hydroxyl groups is 5. The Kier molecular flexibility index (Phi) is 31.7. The number of esters is 1. The van der Waals surface area contributed by atoms with Gasteiger partial charge in [0.15, 0.2) is 6.29 Å². The van der Waals surface area contributed by atoms with Crippen LogP contribution in [0.4, 0.5) is 0 Å². The van der Waals surface area contributed by atoms with Crippen LogP contribution in [0, 0.1) is 0 Å². The van der Waals surface area contributed by atoms with E-state index in [-0.39, 0.29) is 12.6 Å². The van der Waals surface area contributed by atoms with Crippen LogP contribution in [-0.4, -0.2) is 93.7 Å². The fourth-order valence-corrected chi connectivity index (χ4v) is 7.14. The Hall–Kier alpha value is -0.850. The highest BCUT2D eigenvalue weighted by atomic mass is 16.7. The first kappa shape index (κ1) is 49.2. The van der Waals surface area contributed by atoms with Gasteiger partial charge in [0.25, 0.3) is 0 Å². The van der Waals surface area contributed by atoms with Crippen molar-refractivity contribution in [3.8, 4) is 0 Å². The third-order valence-electron chi connectivity index (χ3n) is 10.7. The van der Waals surface area contributed by atoms with E-state index in [1.54, 1.807) is 0 Å². The summed E-state index contributed by atoms with van der Waals surface area (Å²) in [6, 6.07) is -0.965. The minimum Gasteiger partial charge on any atom is -0.460 e. The minimum absolute atomic E-state index is 0.255. The Morgan fingerprint density at radius 3 is 1.44 bits per heavy atom. The number of hydrogen-bond acceptors (Lipinski definition) is 10. The third kappa shape index (κ3) is 23.8. The van der Waals surface area contributed by atoms with Gasteiger partial charge in [0, 0.05) is 6.42 Å². The van der Waals surface area contributed by atoms with E-state index in [2.05, 4.69) is 13.8 Å². The van der Waals surface area contributed by atoms with Crippen LogP contribution in [0.5, 0.6) is 0 Å². The quantitative estimate of drug-likeness (QED) is 0.0275. The highest BCUT2D eigenvalue weighted by Crippen LogP contribution is 2.23. The van der Waals surface area contributed by atoms with Crippen LogP contribution in [0.1, 0.15) is 200 Å². The van der Waals surface area contributed by atoms with Gasteiger partial charge in [0.1, 0.15) is 36.6 Å². The van der Waals surface area contributed by atoms with Gasteiger partial charge in [-0.15, -0.1) is 0 Å². The lowest BCUT2D eigenvalue weighted by molar-refractivity contribution is -0.302. The number of carbonyl (C=O) groups is 1. The molecule has 1 fully saturated rings. The van der Waals surface area contributed by atoms with Crippen molar-refractivity contribution in [2.75, 3.05) is 13.2 Å². The van der Waals surface area contributed by atoms with Crippen molar-refractivity contribution in [1.29, 1.82) is 0 Å². The first-order valence-electron chi connectivity index (χ1n) is 21.8. The molecule has 8 atom stereocenters. The molecule has 0 spiro atoms. The monoisotopic (exact) mass is 746 g/mol. The molecule has 1 heterocycles. The number of rotatable bonds is 36. The molecule has 1 aliphatic heterocycles. The average Bonchev–Trinajstić information content (AvgIpc) is 3.14. The summed E-state index contributed by atoms with van der Waals surface area (Å²) in [5.41, 5.74) is 6.29. The molecule has 10 nitrogen and oxygen atoms in total. The zero-order chi connectivity index (χ0) is 38.2. The summed E-state index contributed by atoms with van der Waals surface area (Å²) in [7, 11) is 0. The Bertz CT molecular complexity index is 803. The van der Waals surface area contributed by atoms with Crippen LogP contribution in [0.25, 0.3) is 0 Å². The molecule has 52 heavy (non-hydrogen) atoms. The molecule has 0 aliphatic carbocycles. The summed E-state index contributed by atoms with van der Waals surface area (Å²) < 4.78 is 16.8. The molecule has 0 bridgehead atoms. The van der Waals surface area contributed by atoms with Crippen LogP contribution in [-0.2, 0) is 19.0 Å². The van der Waals surface area contributed by atoms with Crippen LogP contribution in [0.15, 0.2) is 0 Å². The topological polar surface area (TPSA) is 172 Å². The van der Waals surface area contributed by atoms with Gasteiger partial charge in [-0.25, -0.2) is 0 Å². The van der Waals surface area contributed by atoms with Crippen molar-refractivity contribution < 1.29 is 44.5 Å². The largest absolute Gasteiger partial charge is 0.460 e. The van der Waals surface area contributed by atoms with E-state index in [1.807, 2.05) is 0 Å². The maximum absolute atomic E-state index is 12.9. The zero-order valence-corrected chi connectivity index (χ0v) is 33.5. The fourth-order valence-electron chi connectivity index (χ4n) is 7.14. The Balaban J connectivity index is 2.42. The zero-order valence-electron chi connectivity index (χ0n) is 33.5. The van der Waals surface area contributed by atoms with E-state index < -0.39 is 55.6 Å². The highest BCUT2D eigenvalue weighted by Gasteiger charge is 2.44. The summed E-state index contributed by atoms with van der Waals surface area (Å²) in [5.74, 6) is -0.334. The lowest BCUT2D eigenvalue weighted by Gasteiger charge is -2.40. The number of ether oxygens (including phenoxy) is 3. The molecule has 0 amide bonds. The maximum atomic E-state index is 12.9. The maximum Gasteiger partial charge on any atom is 0.306 e. The number of aliphatic hydroxyl groups excluding tert-OH is 5. The minimum atomic E-state index is -1.57. The SMILES string of the molecule is CCCCCCCCCCCCCCCCCC(=O)O[C@H](CCCCCCCCCCCCCC)[C@@H](O)[C@@H](N)CO[C@H]1OC(CO)[C@H](O)[C@H](O)C1O. The van der Waals surface area contributed by atoms with Crippen LogP contribution < -0.4 is 5.73 Å². The molecule has 0 saturated carbocycles. The number of hydrogen-bond donors (Lipinski definition) is 6. The molecular formula is C42H83NO9. The average molecular weight is 746 g/mol. The molecule has 10 heteroatoms. The molecule has 0 radical (unpaired) electrons. The van der Waals surface area contributed by atoms with Crippen LogP contribution >= 0.6 is 0 Å². The number of unbranched alkanes of at least 4 members (excludes halogenated alkanes) is 25. The van der Waals surface area contributed by atoms with E-state index in [0.29, 0.717) is 12.8 Å². The third-order valence-corrected chi connectivity index (χ3v) is 10.7. The molecule has 1 rings (SSSR count). The summed E-state index contributed by atoms with van der Waals surface area (Å²) in [4.78, 5) is 12.9. The number of nitrogens with two attached hydrogens (primary N) is 1. The first-order chi connectivity index (χ1) is 25.3. The van der Waals surface area contributed by atoms with Crippen LogP contribution in [0.3, 0.4) is 0 Å². The van der Waals surface area contributed by atoms with Crippen molar-refractivity contribution in [2.24, 2.45) is 5.73 Å². The number of carbonyl (C=O) groups excluding carboxylic acids is 1. The van der Waals surface area contributed by atoms with Crippen molar-refractivity contribution in [1.82, 2.24) is 0 Å². The summed E-state index contributed by atoms with van der Waals surface area (Å²) >= 11 is 0. The van der Waals surface area contributed by atoms with Gasteiger partial charge < -0.3 is 45.5 Å². The van der Waals surface area contributed by atoms with E-state index in [1.165, 1.54) is 135 Å². The van der Waals surface area contributed by atoms with E-state index >= 15 is 0 Å². The van der Waals surface area contributed by atoms with Crippen molar-refractivity contribution in [2.45, 2.75) is 249 Å². The molecular weight excluding hydrogens is 662 g/mol. The van der Waals surface area contributed by atoms with Gasteiger partial charge in [0.05, 0.1) is 19.3 Å². The van der Waals surface area contributed by atoms with E-state index in [9.17, 15) is 30.3 Å². The smallest absolute Gasteiger partial charge is 0.306 e. The predicted octanol–water partition coefficient (Wildman–Crippen LogP) is 7.76. The van der Waals surface area contributed by atoms with Crippen LogP contribution in [0.2, 0.25) is 0 Å². The lowest BCUT2D eigenvalue weighted by atomic mass is 9.98. The second-order valence-electron chi connectivity index (χ2n) is 15.6. The van der Waals surface area contributed by atoms with Gasteiger partial charge >= 0.3 is 5.97 Å². The highest BCUT2D eigenvalue weighted by molar-refractivity contribution is 5.69. The van der Waals surface area contributed by atoms with Gasteiger partial charge in [-0.2, -0.15) is 0 Å². The molecule has 0 aromatic carbocycles. The molecule has 2 unspecified atom stereocenters. The summed E-state index contributed by atoms with van der Waals surface area (Å²) in [6.45, 7) is 3.67.